The molecule has 588 valence electrons. The molecule has 0 aromatic carbocycles. The quantitative estimate of drug-likeness (QED) is 0.0222. The van der Waals surface area contributed by atoms with Crippen molar-refractivity contribution in [1.82, 2.24) is 0 Å². The van der Waals surface area contributed by atoms with E-state index in [0.717, 1.165) is 102 Å². The highest BCUT2D eigenvalue weighted by Gasteiger charge is 2.30. The van der Waals surface area contributed by atoms with E-state index in [1.54, 1.807) is 0 Å². The molecule has 19 heteroatoms. The van der Waals surface area contributed by atoms with Crippen molar-refractivity contribution in [3.8, 4) is 0 Å². The highest BCUT2D eigenvalue weighted by molar-refractivity contribution is 7.47. The Bertz CT molecular complexity index is 1890. The van der Waals surface area contributed by atoms with Gasteiger partial charge in [-0.25, -0.2) is 9.13 Å². The van der Waals surface area contributed by atoms with E-state index in [4.69, 9.17) is 37.0 Å². The first-order valence-corrected chi connectivity index (χ1v) is 44.6. The van der Waals surface area contributed by atoms with Crippen LogP contribution in [-0.2, 0) is 65.4 Å². The van der Waals surface area contributed by atoms with Gasteiger partial charge in [0.1, 0.15) is 19.3 Å². The lowest BCUT2D eigenvalue weighted by Gasteiger charge is -2.21. The summed E-state index contributed by atoms with van der Waals surface area (Å²) in [7, 11) is -9.90. The fourth-order valence-electron chi connectivity index (χ4n) is 12.4. The number of aliphatic hydroxyl groups excluding tert-OH is 1. The molecule has 17 nitrogen and oxygen atoms in total. The summed E-state index contributed by atoms with van der Waals surface area (Å²) in [5, 5.41) is 10.6. The maximum atomic E-state index is 13.1. The molecule has 0 aliphatic carbocycles. The van der Waals surface area contributed by atoms with Crippen LogP contribution >= 0.6 is 15.6 Å². The Kier molecular flexibility index (Phi) is 71.6. The maximum Gasteiger partial charge on any atom is 0.472 e. The number of ether oxygens (including phenoxy) is 4. The molecule has 0 rings (SSSR count). The van der Waals surface area contributed by atoms with Crippen molar-refractivity contribution in [3.63, 3.8) is 0 Å². The molecule has 0 radical (unpaired) electrons. The molecule has 0 fully saturated rings. The summed E-state index contributed by atoms with van der Waals surface area (Å²) < 4.78 is 68.4. The molecular weight excluding hydrogens is 1290 g/mol. The van der Waals surface area contributed by atoms with Gasteiger partial charge in [-0.1, -0.05) is 375 Å². The fourth-order valence-corrected chi connectivity index (χ4v) is 14.0. The average Bonchev–Trinajstić information content (AvgIpc) is 1.08. The number of carbonyl (C=O) groups is 4. The van der Waals surface area contributed by atoms with Gasteiger partial charge in [-0.2, -0.15) is 0 Å². The number of unbranched alkanes of at least 4 members (excludes halogenated alkanes) is 52. The van der Waals surface area contributed by atoms with Crippen LogP contribution < -0.4 is 0 Å². The summed E-state index contributed by atoms with van der Waals surface area (Å²) in [4.78, 5) is 72.6. The van der Waals surface area contributed by atoms with Gasteiger partial charge in [0.2, 0.25) is 0 Å². The largest absolute Gasteiger partial charge is 0.472 e. The number of hydrogen-bond acceptors (Lipinski definition) is 15. The Hall–Kier alpha value is -1.94. The third-order valence-electron chi connectivity index (χ3n) is 18.8. The summed E-state index contributed by atoms with van der Waals surface area (Å²) in [6, 6.07) is 0. The van der Waals surface area contributed by atoms with Gasteiger partial charge in [0.15, 0.2) is 12.2 Å². The van der Waals surface area contributed by atoms with Crippen molar-refractivity contribution in [3.05, 3.63) is 0 Å². The van der Waals surface area contributed by atoms with Crippen molar-refractivity contribution >= 4 is 39.5 Å². The number of aliphatic hydroxyl groups is 1. The monoisotopic (exact) mass is 1450 g/mol. The summed E-state index contributed by atoms with van der Waals surface area (Å²) in [5.41, 5.74) is 0. The fraction of sp³-hybridized carbons (Fsp3) is 0.950. The Morgan fingerprint density at radius 1 is 0.273 bits per heavy atom. The number of phosphoric ester groups is 2. The van der Waals surface area contributed by atoms with Crippen molar-refractivity contribution < 1.29 is 80.2 Å². The predicted molar refractivity (Wildman–Crippen MR) is 405 cm³/mol. The van der Waals surface area contributed by atoms with Crippen LogP contribution in [0.5, 0.6) is 0 Å². The minimum atomic E-state index is -4.96. The highest BCUT2D eigenvalue weighted by Crippen LogP contribution is 2.45. The molecule has 2 unspecified atom stereocenters. The van der Waals surface area contributed by atoms with Gasteiger partial charge in [0.25, 0.3) is 0 Å². The lowest BCUT2D eigenvalue weighted by Crippen LogP contribution is -2.30. The Labute approximate surface area is 607 Å². The van der Waals surface area contributed by atoms with Gasteiger partial charge in [-0.15, -0.1) is 0 Å². The topological polar surface area (TPSA) is 237 Å². The van der Waals surface area contributed by atoms with Gasteiger partial charge in [0, 0.05) is 25.7 Å². The van der Waals surface area contributed by atoms with E-state index in [-0.39, 0.29) is 25.7 Å². The van der Waals surface area contributed by atoms with Gasteiger partial charge in [-0.3, -0.25) is 37.3 Å². The second-order valence-electron chi connectivity index (χ2n) is 29.3. The molecular formula is C80H156O17P2. The summed E-state index contributed by atoms with van der Waals surface area (Å²) in [6.45, 7) is 7.27. The molecule has 0 amide bonds. The first kappa shape index (κ1) is 97.1. The zero-order valence-electron chi connectivity index (χ0n) is 64.6. The minimum Gasteiger partial charge on any atom is -0.462 e. The maximum absolute atomic E-state index is 13.1. The summed E-state index contributed by atoms with van der Waals surface area (Å²) >= 11 is 0. The highest BCUT2D eigenvalue weighted by atomic mass is 31.2. The zero-order valence-corrected chi connectivity index (χ0v) is 66.4. The van der Waals surface area contributed by atoms with E-state index in [9.17, 15) is 43.2 Å². The average molecular weight is 1450 g/mol. The number of rotatable bonds is 80. The smallest absolute Gasteiger partial charge is 0.462 e. The number of esters is 4. The van der Waals surface area contributed by atoms with E-state index in [0.29, 0.717) is 25.7 Å². The zero-order chi connectivity index (χ0) is 72.7. The predicted octanol–water partition coefficient (Wildman–Crippen LogP) is 24.0. The Morgan fingerprint density at radius 2 is 0.465 bits per heavy atom. The van der Waals surface area contributed by atoms with Crippen molar-refractivity contribution in [1.29, 1.82) is 0 Å². The molecule has 0 aromatic rings. The third-order valence-corrected chi connectivity index (χ3v) is 20.7. The van der Waals surface area contributed by atoms with E-state index < -0.39 is 97.5 Å². The molecule has 5 atom stereocenters. The van der Waals surface area contributed by atoms with E-state index in [1.165, 1.54) is 244 Å². The van der Waals surface area contributed by atoms with Crippen LogP contribution in [0, 0.1) is 5.92 Å². The second kappa shape index (κ2) is 73.0. The molecule has 0 spiro atoms. The summed E-state index contributed by atoms with van der Waals surface area (Å²) in [6.07, 6.45) is 64.4. The molecule has 0 aliphatic rings. The molecule has 0 saturated carbocycles. The normalized spacial score (nSPS) is 13.9. The van der Waals surface area contributed by atoms with E-state index >= 15 is 0 Å². The standard InChI is InChI=1S/C80H156O17P2/c1-6-9-12-15-17-19-21-23-24-25-26-27-31-34-38-41-45-49-54-59-64-78(83)91-70-76(97-80(85)66-61-56-51-47-43-39-35-32-29-28-30-33-37-40-44-48-53-57-62-73(4)5)72-95-99(88,89)93-68-74(81)67-92-98(86,87)94-71-75(69-90-77(82)63-58-52-14-11-8-3)96-79(84)65-60-55-50-46-42-36-22-20-18-16-13-10-7-2/h73-76,81H,6-72H2,1-5H3,(H,86,87)(H,88,89)/t74-,75+,76+/m0/s1. The van der Waals surface area contributed by atoms with Crippen molar-refractivity contribution in [2.75, 3.05) is 39.6 Å². The molecule has 0 saturated heterocycles. The number of carbonyl (C=O) groups excluding carboxylic acids is 4. The molecule has 0 aliphatic heterocycles. The van der Waals surface area contributed by atoms with Crippen LogP contribution in [0.3, 0.4) is 0 Å². The Balaban J connectivity index is 5.11. The number of hydrogen-bond donors (Lipinski definition) is 3. The van der Waals surface area contributed by atoms with Crippen LogP contribution in [0.15, 0.2) is 0 Å². The number of phosphoric acid groups is 2. The second-order valence-corrected chi connectivity index (χ2v) is 32.2. The van der Waals surface area contributed by atoms with Gasteiger partial charge >= 0.3 is 39.5 Å². The van der Waals surface area contributed by atoms with Crippen LogP contribution in [0.2, 0.25) is 0 Å². The van der Waals surface area contributed by atoms with E-state index in [2.05, 4.69) is 34.6 Å². The van der Waals surface area contributed by atoms with Crippen LogP contribution in [0.4, 0.5) is 0 Å². The summed E-state index contributed by atoms with van der Waals surface area (Å²) in [5.74, 6) is -1.30. The van der Waals surface area contributed by atoms with Crippen LogP contribution in [0.1, 0.15) is 426 Å². The van der Waals surface area contributed by atoms with Crippen molar-refractivity contribution in [2.24, 2.45) is 5.92 Å². The molecule has 3 N–H and O–H groups in total. The molecule has 0 heterocycles. The molecule has 0 aromatic heterocycles. The van der Waals surface area contributed by atoms with E-state index in [1.807, 2.05) is 0 Å². The molecule has 99 heavy (non-hydrogen) atoms. The van der Waals surface area contributed by atoms with Gasteiger partial charge in [-0.05, 0) is 31.6 Å². The van der Waals surface area contributed by atoms with Crippen LogP contribution in [-0.4, -0.2) is 96.7 Å². The van der Waals surface area contributed by atoms with Gasteiger partial charge in [0.05, 0.1) is 26.4 Å². The lowest BCUT2D eigenvalue weighted by atomic mass is 10.0. The Morgan fingerprint density at radius 3 is 0.687 bits per heavy atom. The first-order chi connectivity index (χ1) is 48.0. The first-order valence-electron chi connectivity index (χ1n) is 41.6. The lowest BCUT2D eigenvalue weighted by molar-refractivity contribution is -0.161. The SMILES string of the molecule is CCCCCCCCCCCCCCCCCCCCCCC(=O)OC[C@H](COP(=O)(O)OC[C@@H](O)COP(=O)(O)OC[C@@H](COC(=O)CCCCCCC)OC(=O)CCCCCCCCCCCCCCC)OC(=O)CCCCCCCCCCCCCCCCCCCCC(C)C. The van der Waals surface area contributed by atoms with Crippen LogP contribution in [0.25, 0.3) is 0 Å². The van der Waals surface area contributed by atoms with Crippen molar-refractivity contribution in [2.45, 2.75) is 445 Å². The third kappa shape index (κ3) is 74.1. The van der Waals surface area contributed by atoms with Gasteiger partial charge < -0.3 is 33.8 Å². The minimum absolute atomic E-state index is 0.107. The molecule has 0 bridgehead atoms.